The normalized spacial score (nSPS) is 24.1. The van der Waals surface area contributed by atoms with Gasteiger partial charge in [0.1, 0.15) is 0 Å². The number of rotatable bonds is 4. The molecule has 2 N–H and O–H groups in total. The summed E-state index contributed by atoms with van der Waals surface area (Å²) in [6.45, 7) is 8.08. The van der Waals surface area contributed by atoms with Crippen LogP contribution < -0.4 is 10.6 Å². The van der Waals surface area contributed by atoms with Crippen molar-refractivity contribution in [3.05, 3.63) is 35.4 Å². The highest BCUT2D eigenvalue weighted by atomic mass is 16.2. The number of piperidine rings is 1. The first kappa shape index (κ1) is 15.0. The summed E-state index contributed by atoms with van der Waals surface area (Å²) in [6.07, 6.45) is 2.97. The highest BCUT2D eigenvalue weighted by molar-refractivity contribution is 5.83. The SMILES string of the molecule is CCC1(C(=O)N[C@@H](C)c2ccc(C)cc2)CCCNC1. The average Bonchev–Trinajstić information content (AvgIpc) is 2.48. The Morgan fingerprint density at radius 3 is 2.65 bits per heavy atom. The van der Waals surface area contributed by atoms with Gasteiger partial charge in [-0.15, -0.1) is 0 Å². The summed E-state index contributed by atoms with van der Waals surface area (Å²) in [5.74, 6) is 0.195. The maximum absolute atomic E-state index is 12.7. The van der Waals surface area contributed by atoms with Gasteiger partial charge in [0, 0.05) is 6.54 Å². The summed E-state index contributed by atoms with van der Waals surface area (Å²) in [4.78, 5) is 12.7. The minimum absolute atomic E-state index is 0.0634. The molecular weight excluding hydrogens is 248 g/mol. The summed E-state index contributed by atoms with van der Waals surface area (Å²) in [5.41, 5.74) is 2.18. The molecule has 1 aliphatic heterocycles. The second kappa shape index (κ2) is 6.40. The van der Waals surface area contributed by atoms with Crippen molar-refractivity contribution in [1.82, 2.24) is 10.6 Å². The Hall–Kier alpha value is -1.35. The lowest BCUT2D eigenvalue weighted by Crippen LogP contribution is -2.50. The smallest absolute Gasteiger partial charge is 0.227 e. The molecule has 110 valence electrons. The van der Waals surface area contributed by atoms with E-state index in [4.69, 9.17) is 0 Å². The van der Waals surface area contributed by atoms with E-state index in [2.05, 4.69) is 55.7 Å². The zero-order chi connectivity index (χ0) is 14.6. The van der Waals surface area contributed by atoms with E-state index >= 15 is 0 Å². The summed E-state index contributed by atoms with van der Waals surface area (Å²) in [7, 11) is 0. The number of aryl methyl sites for hydroxylation is 1. The van der Waals surface area contributed by atoms with E-state index in [1.54, 1.807) is 0 Å². The molecule has 1 heterocycles. The van der Waals surface area contributed by atoms with Gasteiger partial charge in [-0.3, -0.25) is 4.79 Å². The Bertz CT molecular complexity index is 447. The van der Waals surface area contributed by atoms with Gasteiger partial charge in [0.15, 0.2) is 0 Å². The van der Waals surface area contributed by atoms with Crippen LogP contribution in [0.15, 0.2) is 24.3 Å². The highest BCUT2D eigenvalue weighted by Crippen LogP contribution is 2.31. The van der Waals surface area contributed by atoms with Crippen LogP contribution in [0.1, 0.15) is 50.3 Å². The third kappa shape index (κ3) is 3.21. The number of hydrogen-bond donors (Lipinski definition) is 2. The Morgan fingerprint density at radius 1 is 1.40 bits per heavy atom. The van der Waals surface area contributed by atoms with E-state index in [9.17, 15) is 4.79 Å². The molecule has 1 saturated heterocycles. The molecule has 1 aromatic rings. The Morgan fingerprint density at radius 2 is 2.10 bits per heavy atom. The fourth-order valence-corrected chi connectivity index (χ4v) is 2.91. The van der Waals surface area contributed by atoms with Crippen molar-refractivity contribution in [3.63, 3.8) is 0 Å². The molecule has 3 heteroatoms. The lowest BCUT2D eigenvalue weighted by molar-refractivity contribution is -0.133. The Balaban J connectivity index is 2.04. The van der Waals surface area contributed by atoms with E-state index in [1.807, 2.05) is 0 Å². The number of carbonyl (C=O) groups is 1. The molecule has 2 atom stereocenters. The van der Waals surface area contributed by atoms with Gasteiger partial charge in [-0.25, -0.2) is 0 Å². The van der Waals surface area contributed by atoms with Crippen molar-refractivity contribution in [2.75, 3.05) is 13.1 Å². The van der Waals surface area contributed by atoms with Crippen molar-refractivity contribution in [3.8, 4) is 0 Å². The van der Waals surface area contributed by atoms with Crippen LogP contribution in [0.4, 0.5) is 0 Å². The fourth-order valence-electron chi connectivity index (χ4n) is 2.91. The molecule has 3 nitrogen and oxygen atoms in total. The Kier molecular flexibility index (Phi) is 4.81. The van der Waals surface area contributed by atoms with Crippen LogP contribution in [0.2, 0.25) is 0 Å². The van der Waals surface area contributed by atoms with E-state index in [-0.39, 0.29) is 17.4 Å². The zero-order valence-corrected chi connectivity index (χ0v) is 12.8. The predicted molar refractivity (Wildman–Crippen MR) is 82.6 cm³/mol. The summed E-state index contributed by atoms with van der Waals surface area (Å²) >= 11 is 0. The highest BCUT2D eigenvalue weighted by Gasteiger charge is 2.38. The van der Waals surface area contributed by atoms with E-state index in [0.717, 1.165) is 32.4 Å². The van der Waals surface area contributed by atoms with Crippen LogP contribution in [-0.4, -0.2) is 19.0 Å². The molecule has 1 unspecified atom stereocenters. The van der Waals surface area contributed by atoms with Crippen molar-refractivity contribution in [2.24, 2.45) is 5.41 Å². The van der Waals surface area contributed by atoms with Gasteiger partial charge < -0.3 is 10.6 Å². The first-order chi connectivity index (χ1) is 9.57. The third-order valence-electron chi connectivity index (χ3n) is 4.56. The van der Waals surface area contributed by atoms with Crippen LogP contribution in [0.5, 0.6) is 0 Å². The van der Waals surface area contributed by atoms with Crippen molar-refractivity contribution in [1.29, 1.82) is 0 Å². The third-order valence-corrected chi connectivity index (χ3v) is 4.56. The number of hydrogen-bond acceptors (Lipinski definition) is 2. The largest absolute Gasteiger partial charge is 0.349 e. The van der Waals surface area contributed by atoms with E-state index in [0.29, 0.717) is 0 Å². The maximum atomic E-state index is 12.7. The van der Waals surface area contributed by atoms with Crippen LogP contribution in [0.25, 0.3) is 0 Å². The molecule has 1 aromatic carbocycles. The van der Waals surface area contributed by atoms with Crippen LogP contribution in [-0.2, 0) is 4.79 Å². The minimum atomic E-state index is -0.225. The van der Waals surface area contributed by atoms with Gasteiger partial charge >= 0.3 is 0 Å². The monoisotopic (exact) mass is 274 g/mol. The molecule has 1 fully saturated rings. The van der Waals surface area contributed by atoms with Gasteiger partial charge in [-0.2, -0.15) is 0 Å². The lowest BCUT2D eigenvalue weighted by atomic mass is 9.77. The van der Waals surface area contributed by atoms with Crippen molar-refractivity contribution < 1.29 is 4.79 Å². The first-order valence-corrected chi connectivity index (χ1v) is 7.66. The van der Waals surface area contributed by atoms with Gasteiger partial charge in [-0.05, 0) is 45.2 Å². The van der Waals surface area contributed by atoms with Crippen LogP contribution in [0, 0.1) is 12.3 Å². The summed E-state index contributed by atoms with van der Waals surface area (Å²) in [5, 5.41) is 6.57. The summed E-state index contributed by atoms with van der Waals surface area (Å²) in [6, 6.07) is 8.44. The molecule has 1 aliphatic rings. The van der Waals surface area contributed by atoms with Crippen LogP contribution >= 0.6 is 0 Å². The van der Waals surface area contributed by atoms with E-state index in [1.165, 1.54) is 11.1 Å². The molecule has 0 radical (unpaired) electrons. The van der Waals surface area contributed by atoms with Crippen molar-refractivity contribution in [2.45, 2.75) is 46.1 Å². The maximum Gasteiger partial charge on any atom is 0.227 e. The quantitative estimate of drug-likeness (QED) is 0.886. The standard InChI is InChI=1S/C17H26N2O/c1-4-17(10-5-11-18-12-17)16(20)19-14(3)15-8-6-13(2)7-9-15/h6-9,14,18H,4-5,10-12H2,1-3H3,(H,19,20)/t14-,17?/m0/s1. The second-order valence-corrected chi connectivity index (χ2v) is 6.02. The van der Waals surface area contributed by atoms with E-state index < -0.39 is 0 Å². The predicted octanol–water partition coefficient (Wildman–Crippen LogP) is 2.95. The lowest BCUT2D eigenvalue weighted by Gasteiger charge is -2.36. The molecular formula is C17H26N2O. The topological polar surface area (TPSA) is 41.1 Å². The minimum Gasteiger partial charge on any atom is -0.349 e. The molecule has 0 aromatic heterocycles. The fraction of sp³-hybridized carbons (Fsp3) is 0.588. The number of nitrogens with one attached hydrogen (secondary N) is 2. The number of benzene rings is 1. The van der Waals surface area contributed by atoms with Gasteiger partial charge in [0.25, 0.3) is 0 Å². The molecule has 20 heavy (non-hydrogen) atoms. The average molecular weight is 274 g/mol. The first-order valence-electron chi connectivity index (χ1n) is 7.66. The summed E-state index contributed by atoms with van der Waals surface area (Å²) < 4.78 is 0. The number of amides is 1. The molecule has 0 bridgehead atoms. The molecule has 2 rings (SSSR count). The Labute approximate surface area is 122 Å². The molecule has 0 saturated carbocycles. The van der Waals surface area contributed by atoms with Gasteiger partial charge in [0.2, 0.25) is 5.91 Å². The zero-order valence-electron chi connectivity index (χ0n) is 12.8. The van der Waals surface area contributed by atoms with Gasteiger partial charge in [-0.1, -0.05) is 36.8 Å². The second-order valence-electron chi connectivity index (χ2n) is 6.02. The molecule has 0 spiro atoms. The van der Waals surface area contributed by atoms with Gasteiger partial charge in [0.05, 0.1) is 11.5 Å². The van der Waals surface area contributed by atoms with Crippen LogP contribution in [0.3, 0.4) is 0 Å². The molecule has 0 aliphatic carbocycles. The molecule has 1 amide bonds. The van der Waals surface area contributed by atoms with Crippen molar-refractivity contribution >= 4 is 5.91 Å². The number of carbonyl (C=O) groups excluding carboxylic acids is 1.